The van der Waals surface area contributed by atoms with Gasteiger partial charge in [-0.15, -0.1) is 24.8 Å². The first-order valence-electron chi connectivity index (χ1n) is 7.24. The van der Waals surface area contributed by atoms with Gasteiger partial charge in [0.05, 0.1) is 13.2 Å². The Labute approximate surface area is 143 Å². The monoisotopic (exact) mass is 347 g/mol. The van der Waals surface area contributed by atoms with Crippen molar-refractivity contribution in [3.63, 3.8) is 0 Å². The third-order valence-corrected chi connectivity index (χ3v) is 3.92. The maximum Gasteiger partial charge on any atom is 0.251 e. The molecule has 2 aliphatic rings. The number of ether oxygens (including phenoxy) is 1. The van der Waals surface area contributed by atoms with E-state index in [0.717, 1.165) is 57.2 Å². The van der Waals surface area contributed by atoms with E-state index in [2.05, 4.69) is 15.5 Å². The predicted octanol–water partition coefficient (Wildman–Crippen LogP) is 1.32. The molecule has 22 heavy (non-hydrogen) atoms. The number of morpholine rings is 1. The van der Waals surface area contributed by atoms with Gasteiger partial charge < -0.3 is 20.3 Å². The van der Waals surface area contributed by atoms with E-state index in [1.165, 1.54) is 0 Å². The van der Waals surface area contributed by atoms with E-state index >= 15 is 0 Å². The molecular weight excluding hydrogens is 325 g/mol. The van der Waals surface area contributed by atoms with Crippen molar-refractivity contribution in [1.29, 1.82) is 0 Å². The van der Waals surface area contributed by atoms with Crippen LogP contribution in [-0.4, -0.2) is 51.8 Å². The van der Waals surface area contributed by atoms with Crippen LogP contribution in [0.15, 0.2) is 24.3 Å². The van der Waals surface area contributed by atoms with Gasteiger partial charge in [0, 0.05) is 49.9 Å². The Bertz CT molecular complexity index is 460. The summed E-state index contributed by atoms with van der Waals surface area (Å²) in [6.07, 6.45) is 0. The summed E-state index contributed by atoms with van der Waals surface area (Å²) in [6.45, 7) is 6.17. The van der Waals surface area contributed by atoms with Crippen LogP contribution in [0.2, 0.25) is 0 Å². The topological polar surface area (TPSA) is 53.6 Å². The number of hydrogen-bond donors (Lipinski definition) is 2. The second-order valence-electron chi connectivity index (χ2n) is 5.38. The van der Waals surface area contributed by atoms with Crippen molar-refractivity contribution in [3.8, 4) is 0 Å². The Morgan fingerprint density at radius 1 is 1.18 bits per heavy atom. The zero-order chi connectivity index (χ0) is 13.8. The largest absolute Gasteiger partial charge is 0.378 e. The van der Waals surface area contributed by atoms with Gasteiger partial charge in [0.2, 0.25) is 0 Å². The van der Waals surface area contributed by atoms with Gasteiger partial charge in [-0.2, -0.15) is 0 Å². The molecule has 3 rings (SSSR count). The van der Waals surface area contributed by atoms with Crippen molar-refractivity contribution in [2.75, 3.05) is 50.8 Å². The van der Waals surface area contributed by atoms with Gasteiger partial charge >= 0.3 is 0 Å². The Kier molecular flexibility index (Phi) is 7.96. The number of amides is 1. The Morgan fingerprint density at radius 2 is 1.82 bits per heavy atom. The van der Waals surface area contributed by atoms with Crippen LogP contribution in [0.3, 0.4) is 0 Å². The number of hydrogen-bond acceptors (Lipinski definition) is 4. The lowest BCUT2D eigenvalue weighted by Crippen LogP contribution is -2.48. The Hall–Kier alpha value is -1.01. The first-order valence-corrected chi connectivity index (χ1v) is 7.24. The lowest BCUT2D eigenvalue weighted by atomic mass is 10.0. The van der Waals surface area contributed by atoms with Crippen LogP contribution in [0.25, 0.3) is 0 Å². The number of rotatable bonds is 4. The minimum absolute atomic E-state index is 0. The molecule has 0 atom stereocenters. The van der Waals surface area contributed by atoms with Crippen LogP contribution in [-0.2, 0) is 4.74 Å². The van der Waals surface area contributed by atoms with Gasteiger partial charge in [0.25, 0.3) is 5.91 Å². The average molecular weight is 348 g/mol. The second kappa shape index (κ2) is 9.20. The quantitative estimate of drug-likeness (QED) is 0.862. The summed E-state index contributed by atoms with van der Waals surface area (Å²) in [5.74, 6) is 0.608. The maximum absolute atomic E-state index is 12.0. The zero-order valence-corrected chi connectivity index (χ0v) is 14.0. The molecule has 0 spiro atoms. The Balaban J connectivity index is 0.00000121. The van der Waals surface area contributed by atoms with E-state index in [-0.39, 0.29) is 30.7 Å². The molecule has 124 valence electrons. The summed E-state index contributed by atoms with van der Waals surface area (Å²) in [7, 11) is 0. The molecule has 0 aliphatic carbocycles. The molecule has 2 fully saturated rings. The number of carbonyl (C=O) groups excluding carboxylic acids is 1. The van der Waals surface area contributed by atoms with Crippen molar-refractivity contribution in [1.82, 2.24) is 10.6 Å². The summed E-state index contributed by atoms with van der Waals surface area (Å²) in [4.78, 5) is 14.3. The van der Waals surface area contributed by atoms with Gasteiger partial charge in [0.15, 0.2) is 0 Å². The molecule has 0 radical (unpaired) electrons. The van der Waals surface area contributed by atoms with Crippen LogP contribution >= 0.6 is 24.8 Å². The third kappa shape index (κ3) is 4.74. The van der Waals surface area contributed by atoms with Gasteiger partial charge in [-0.1, -0.05) is 0 Å². The maximum atomic E-state index is 12.0. The first kappa shape index (κ1) is 19.0. The van der Waals surface area contributed by atoms with Gasteiger partial charge in [-0.25, -0.2) is 0 Å². The molecule has 1 aromatic rings. The summed E-state index contributed by atoms with van der Waals surface area (Å²) in [5.41, 5.74) is 1.89. The molecule has 0 aromatic heterocycles. The SMILES string of the molecule is Cl.Cl.O=C(NCC1CNC1)c1ccc(N2CCOCC2)cc1. The molecule has 1 amide bonds. The summed E-state index contributed by atoms with van der Waals surface area (Å²) in [5, 5.41) is 6.19. The molecule has 0 saturated carbocycles. The molecule has 2 saturated heterocycles. The van der Waals surface area contributed by atoms with Crippen molar-refractivity contribution in [3.05, 3.63) is 29.8 Å². The van der Waals surface area contributed by atoms with Gasteiger partial charge in [-0.05, 0) is 24.3 Å². The van der Waals surface area contributed by atoms with Gasteiger partial charge in [-0.3, -0.25) is 4.79 Å². The van der Waals surface area contributed by atoms with Crippen LogP contribution in [0, 0.1) is 5.92 Å². The van der Waals surface area contributed by atoms with Crippen LogP contribution < -0.4 is 15.5 Å². The third-order valence-electron chi connectivity index (χ3n) is 3.92. The molecule has 0 bridgehead atoms. The normalized spacial score (nSPS) is 17.7. The first-order chi connectivity index (χ1) is 9.83. The lowest BCUT2D eigenvalue weighted by Gasteiger charge is -2.29. The standard InChI is InChI=1S/C15H21N3O2.2ClH/c19-15(17-11-12-9-16-10-12)13-1-3-14(4-2-13)18-5-7-20-8-6-18;;/h1-4,12,16H,5-11H2,(H,17,19);2*1H. The fourth-order valence-corrected chi connectivity index (χ4v) is 2.48. The smallest absolute Gasteiger partial charge is 0.251 e. The van der Waals surface area contributed by atoms with Gasteiger partial charge in [0.1, 0.15) is 0 Å². The highest BCUT2D eigenvalue weighted by Gasteiger charge is 2.18. The molecule has 2 N–H and O–H groups in total. The van der Waals surface area contributed by atoms with Crippen LogP contribution in [0.4, 0.5) is 5.69 Å². The van der Waals surface area contributed by atoms with Crippen molar-refractivity contribution >= 4 is 36.4 Å². The summed E-state index contributed by atoms with van der Waals surface area (Å²) < 4.78 is 5.34. The zero-order valence-electron chi connectivity index (χ0n) is 12.4. The molecule has 0 unspecified atom stereocenters. The number of benzene rings is 1. The Morgan fingerprint density at radius 3 is 2.36 bits per heavy atom. The second-order valence-corrected chi connectivity index (χ2v) is 5.38. The van der Waals surface area contributed by atoms with Crippen LogP contribution in [0.1, 0.15) is 10.4 Å². The van der Waals surface area contributed by atoms with E-state index in [0.29, 0.717) is 5.92 Å². The van der Waals surface area contributed by atoms with Crippen molar-refractivity contribution in [2.24, 2.45) is 5.92 Å². The summed E-state index contributed by atoms with van der Waals surface area (Å²) >= 11 is 0. The molecular formula is C15H23Cl2N3O2. The van der Waals surface area contributed by atoms with E-state index in [1.807, 2.05) is 24.3 Å². The predicted molar refractivity (Wildman–Crippen MR) is 92.7 cm³/mol. The van der Waals surface area contributed by atoms with E-state index in [1.54, 1.807) is 0 Å². The molecule has 2 heterocycles. The van der Waals surface area contributed by atoms with Crippen LogP contribution in [0.5, 0.6) is 0 Å². The number of halogens is 2. The molecule has 2 aliphatic heterocycles. The van der Waals surface area contributed by atoms with E-state index < -0.39 is 0 Å². The van der Waals surface area contributed by atoms with Crippen molar-refractivity contribution < 1.29 is 9.53 Å². The van der Waals surface area contributed by atoms with E-state index in [9.17, 15) is 4.79 Å². The number of nitrogens with one attached hydrogen (secondary N) is 2. The van der Waals surface area contributed by atoms with E-state index in [4.69, 9.17) is 4.74 Å². The molecule has 5 nitrogen and oxygen atoms in total. The fraction of sp³-hybridized carbons (Fsp3) is 0.533. The number of anilines is 1. The minimum atomic E-state index is 0. The highest BCUT2D eigenvalue weighted by Crippen LogP contribution is 2.16. The molecule has 7 heteroatoms. The van der Waals surface area contributed by atoms with Crippen molar-refractivity contribution in [2.45, 2.75) is 0 Å². The lowest BCUT2D eigenvalue weighted by molar-refractivity contribution is 0.0942. The number of carbonyl (C=O) groups is 1. The molecule has 1 aromatic carbocycles. The average Bonchev–Trinajstić information content (AvgIpc) is 2.46. The highest BCUT2D eigenvalue weighted by atomic mass is 35.5. The summed E-state index contributed by atoms with van der Waals surface area (Å²) in [6, 6.07) is 7.84. The number of nitrogens with zero attached hydrogens (tertiary/aromatic N) is 1. The highest BCUT2D eigenvalue weighted by molar-refractivity contribution is 5.94. The minimum Gasteiger partial charge on any atom is -0.378 e. The fourth-order valence-electron chi connectivity index (χ4n) is 2.48.